The Hall–Kier alpha value is -2.06. The van der Waals surface area contributed by atoms with Crippen LogP contribution in [0.4, 0.5) is 5.69 Å². The maximum atomic E-state index is 13.2. The molecule has 6 nitrogen and oxygen atoms in total. The zero-order chi connectivity index (χ0) is 18.8. The van der Waals surface area contributed by atoms with Crippen LogP contribution in [0.2, 0.25) is 0 Å². The molecule has 8 heteroatoms. The standard InChI is InChI=1S/C17H21NO5S2/c1-5-18(14-8-6-7-13(2)11-14)25(21,22)17-12-15(24(4,19)20)9-10-16(17)23-3/h6-12H,5H2,1-4H3. The van der Waals surface area contributed by atoms with Crippen LogP contribution in [0.5, 0.6) is 5.75 Å². The summed E-state index contributed by atoms with van der Waals surface area (Å²) in [5, 5.41) is 0. The van der Waals surface area contributed by atoms with Crippen LogP contribution in [-0.2, 0) is 19.9 Å². The molecule has 0 aromatic heterocycles. The van der Waals surface area contributed by atoms with Crippen molar-refractivity contribution >= 4 is 25.5 Å². The van der Waals surface area contributed by atoms with Crippen LogP contribution in [0, 0.1) is 6.92 Å². The fourth-order valence-corrected chi connectivity index (χ4v) is 4.85. The number of sulfone groups is 1. The monoisotopic (exact) mass is 383 g/mol. The van der Waals surface area contributed by atoms with Gasteiger partial charge in [-0.15, -0.1) is 0 Å². The van der Waals surface area contributed by atoms with Crippen molar-refractivity contribution in [3.63, 3.8) is 0 Å². The van der Waals surface area contributed by atoms with Gasteiger partial charge in [0.05, 0.1) is 17.7 Å². The number of hydrogen-bond donors (Lipinski definition) is 0. The molecule has 0 saturated carbocycles. The lowest BCUT2D eigenvalue weighted by Gasteiger charge is -2.24. The number of benzene rings is 2. The van der Waals surface area contributed by atoms with Crippen molar-refractivity contribution in [2.75, 3.05) is 24.2 Å². The predicted molar refractivity (Wildman–Crippen MR) is 97.5 cm³/mol. The second-order valence-electron chi connectivity index (χ2n) is 5.59. The van der Waals surface area contributed by atoms with Gasteiger partial charge < -0.3 is 4.74 Å². The van der Waals surface area contributed by atoms with Gasteiger partial charge in [-0.25, -0.2) is 16.8 Å². The van der Waals surface area contributed by atoms with Gasteiger partial charge in [0.2, 0.25) is 0 Å². The molecule has 0 saturated heterocycles. The summed E-state index contributed by atoms with van der Waals surface area (Å²) in [4.78, 5) is -0.256. The van der Waals surface area contributed by atoms with E-state index in [1.54, 1.807) is 25.1 Å². The molecule has 2 aromatic carbocycles. The summed E-state index contributed by atoms with van der Waals surface area (Å²) >= 11 is 0. The first-order chi connectivity index (χ1) is 11.6. The van der Waals surface area contributed by atoms with E-state index in [0.717, 1.165) is 17.9 Å². The molecule has 0 aliphatic heterocycles. The Labute approximate surface area is 149 Å². The Balaban J connectivity index is 2.68. The van der Waals surface area contributed by atoms with Crippen molar-refractivity contribution in [2.45, 2.75) is 23.6 Å². The Bertz CT molecular complexity index is 982. The zero-order valence-electron chi connectivity index (χ0n) is 14.6. The van der Waals surface area contributed by atoms with E-state index >= 15 is 0 Å². The lowest BCUT2D eigenvalue weighted by molar-refractivity contribution is 0.402. The summed E-state index contributed by atoms with van der Waals surface area (Å²) in [5.41, 5.74) is 1.43. The number of rotatable bonds is 6. The second kappa shape index (κ2) is 7.05. The van der Waals surface area contributed by atoms with E-state index in [-0.39, 0.29) is 22.1 Å². The summed E-state index contributed by atoms with van der Waals surface area (Å²) in [6.07, 6.45) is 1.03. The van der Waals surface area contributed by atoms with E-state index in [1.165, 1.54) is 23.5 Å². The first-order valence-corrected chi connectivity index (χ1v) is 10.9. The third kappa shape index (κ3) is 3.96. The largest absolute Gasteiger partial charge is 0.495 e. The summed E-state index contributed by atoms with van der Waals surface area (Å²) < 4.78 is 56.4. The molecule has 2 aromatic rings. The SMILES string of the molecule is CCN(c1cccc(C)c1)S(=O)(=O)c1cc(S(C)(=O)=O)ccc1OC. The van der Waals surface area contributed by atoms with Crippen LogP contribution in [0.15, 0.2) is 52.3 Å². The number of anilines is 1. The number of hydrogen-bond acceptors (Lipinski definition) is 5. The average molecular weight is 383 g/mol. The number of sulfonamides is 1. The quantitative estimate of drug-likeness (QED) is 0.766. The van der Waals surface area contributed by atoms with E-state index in [4.69, 9.17) is 4.74 Å². The molecule has 0 bridgehead atoms. The molecule has 2 rings (SSSR count). The van der Waals surface area contributed by atoms with Crippen molar-refractivity contribution in [1.82, 2.24) is 0 Å². The number of nitrogens with zero attached hydrogens (tertiary/aromatic N) is 1. The van der Waals surface area contributed by atoms with Crippen LogP contribution < -0.4 is 9.04 Å². The van der Waals surface area contributed by atoms with Crippen molar-refractivity contribution in [1.29, 1.82) is 0 Å². The minimum absolute atomic E-state index is 0.0767. The van der Waals surface area contributed by atoms with Gasteiger partial charge >= 0.3 is 0 Å². The molecule has 136 valence electrons. The fourth-order valence-electron chi connectivity index (χ4n) is 2.48. The van der Waals surface area contributed by atoms with E-state index in [0.29, 0.717) is 5.69 Å². The Morgan fingerprint density at radius 2 is 1.72 bits per heavy atom. The van der Waals surface area contributed by atoms with Crippen LogP contribution in [0.3, 0.4) is 0 Å². The summed E-state index contributed by atoms with van der Waals surface area (Å²) in [6, 6.07) is 10.9. The molecule has 0 aliphatic rings. The van der Waals surface area contributed by atoms with Crippen LogP contribution in [0.25, 0.3) is 0 Å². The first kappa shape index (κ1) is 19.3. The molecule has 0 aliphatic carbocycles. The highest BCUT2D eigenvalue weighted by atomic mass is 32.2. The Morgan fingerprint density at radius 3 is 2.24 bits per heavy atom. The van der Waals surface area contributed by atoms with Gasteiger partial charge in [-0.2, -0.15) is 0 Å². The van der Waals surface area contributed by atoms with Crippen LogP contribution in [0.1, 0.15) is 12.5 Å². The van der Waals surface area contributed by atoms with Gasteiger partial charge in [-0.05, 0) is 49.7 Å². The lowest BCUT2D eigenvalue weighted by atomic mass is 10.2. The topological polar surface area (TPSA) is 80.8 Å². The Kier molecular flexibility index (Phi) is 5.43. The third-order valence-electron chi connectivity index (χ3n) is 3.71. The van der Waals surface area contributed by atoms with Gasteiger partial charge in [0.15, 0.2) is 9.84 Å². The fraction of sp³-hybridized carbons (Fsp3) is 0.294. The van der Waals surface area contributed by atoms with Gasteiger partial charge in [-0.3, -0.25) is 4.31 Å². The summed E-state index contributed by atoms with van der Waals surface area (Å²) in [5.74, 6) is 0.0958. The molecular weight excluding hydrogens is 362 g/mol. The number of aryl methyl sites for hydroxylation is 1. The van der Waals surface area contributed by atoms with Gasteiger partial charge in [0, 0.05) is 12.8 Å². The molecule has 0 spiro atoms. The third-order valence-corrected chi connectivity index (χ3v) is 6.74. The van der Waals surface area contributed by atoms with E-state index in [2.05, 4.69) is 0 Å². The normalized spacial score (nSPS) is 12.0. The molecule has 0 N–H and O–H groups in total. The van der Waals surface area contributed by atoms with Crippen LogP contribution >= 0.6 is 0 Å². The van der Waals surface area contributed by atoms with Crippen LogP contribution in [-0.4, -0.2) is 36.7 Å². The molecule has 0 atom stereocenters. The summed E-state index contributed by atoms with van der Waals surface area (Å²) in [7, 11) is -6.21. The minimum Gasteiger partial charge on any atom is -0.495 e. The number of methoxy groups -OCH3 is 1. The van der Waals surface area contributed by atoms with E-state index in [9.17, 15) is 16.8 Å². The molecule has 25 heavy (non-hydrogen) atoms. The molecule has 0 heterocycles. The predicted octanol–water partition coefficient (Wildman–Crippen LogP) is 2.62. The van der Waals surface area contributed by atoms with Gasteiger partial charge in [0.1, 0.15) is 10.6 Å². The average Bonchev–Trinajstić information content (AvgIpc) is 2.54. The highest BCUT2D eigenvalue weighted by Gasteiger charge is 2.28. The smallest absolute Gasteiger partial charge is 0.268 e. The summed E-state index contributed by atoms with van der Waals surface area (Å²) in [6.45, 7) is 3.78. The second-order valence-corrected chi connectivity index (χ2v) is 9.44. The lowest BCUT2D eigenvalue weighted by Crippen LogP contribution is -2.31. The van der Waals surface area contributed by atoms with E-state index < -0.39 is 19.9 Å². The molecule has 0 radical (unpaired) electrons. The molecule has 0 amide bonds. The number of ether oxygens (including phenoxy) is 1. The maximum absolute atomic E-state index is 13.2. The highest BCUT2D eigenvalue weighted by molar-refractivity contribution is 7.93. The van der Waals surface area contributed by atoms with Crippen molar-refractivity contribution in [3.05, 3.63) is 48.0 Å². The van der Waals surface area contributed by atoms with Gasteiger partial charge in [-0.1, -0.05) is 12.1 Å². The zero-order valence-corrected chi connectivity index (χ0v) is 16.2. The van der Waals surface area contributed by atoms with E-state index in [1.807, 2.05) is 13.0 Å². The molecule has 0 unspecified atom stereocenters. The molecule has 0 fully saturated rings. The minimum atomic E-state index is -4.00. The maximum Gasteiger partial charge on any atom is 0.268 e. The highest BCUT2D eigenvalue weighted by Crippen LogP contribution is 2.32. The van der Waals surface area contributed by atoms with Crippen molar-refractivity contribution < 1.29 is 21.6 Å². The first-order valence-electron chi connectivity index (χ1n) is 7.58. The Morgan fingerprint density at radius 1 is 1.04 bits per heavy atom. The van der Waals surface area contributed by atoms with Crippen molar-refractivity contribution in [3.8, 4) is 5.75 Å². The molecular formula is C17H21NO5S2. The van der Waals surface area contributed by atoms with Gasteiger partial charge in [0.25, 0.3) is 10.0 Å². The van der Waals surface area contributed by atoms with Crippen molar-refractivity contribution in [2.24, 2.45) is 0 Å².